The summed E-state index contributed by atoms with van der Waals surface area (Å²) in [4.78, 5) is 18.3. The van der Waals surface area contributed by atoms with Crippen LogP contribution in [0.15, 0.2) is 0 Å². The van der Waals surface area contributed by atoms with Gasteiger partial charge in [0.05, 0.1) is 5.69 Å². The van der Waals surface area contributed by atoms with Crippen LogP contribution in [0.2, 0.25) is 0 Å². The van der Waals surface area contributed by atoms with Gasteiger partial charge in [-0.15, -0.1) is 11.3 Å². The Morgan fingerprint density at radius 2 is 2.10 bits per heavy atom. The molecule has 0 radical (unpaired) electrons. The van der Waals surface area contributed by atoms with Gasteiger partial charge in [-0.1, -0.05) is 12.8 Å². The van der Waals surface area contributed by atoms with E-state index < -0.39 is 0 Å². The Kier molecular flexibility index (Phi) is 3.74. The lowest BCUT2D eigenvalue weighted by Gasteiger charge is -2.20. The first-order chi connectivity index (χ1) is 10.3. The molecule has 1 amide bonds. The monoisotopic (exact) mass is 304 g/mol. The van der Waals surface area contributed by atoms with Gasteiger partial charge in [0.25, 0.3) is 0 Å². The van der Waals surface area contributed by atoms with Gasteiger partial charge < -0.3 is 5.32 Å². The van der Waals surface area contributed by atoms with Gasteiger partial charge in [0.15, 0.2) is 5.13 Å². The van der Waals surface area contributed by atoms with Crippen molar-refractivity contribution in [2.75, 3.05) is 5.32 Å². The maximum absolute atomic E-state index is 12.3. The highest BCUT2D eigenvalue weighted by Crippen LogP contribution is 2.49. The fourth-order valence-electron chi connectivity index (χ4n) is 4.62. The molecule has 3 aliphatic carbocycles. The SMILES string of the molecule is O=C(C[C@H]1C[C@H]2CC[C@H]1C2)Nc1nc2c(s1)CCCCC2. The molecule has 3 aliphatic rings. The second-order valence-corrected chi connectivity index (χ2v) is 8.22. The minimum absolute atomic E-state index is 0.191. The van der Waals surface area contributed by atoms with Crippen molar-refractivity contribution in [3.8, 4) is 0 Å². The molecule has 0 spiro atoms. The van der Waals surface area contributed by atoms with E-state index in [0.717, 1.165) is 29.8 Å². The van der Waals surface area contributed by atoms with E-state index in [1.165, 1.54) is 55.5 Å². The van der Waals surface area contributed by atoms with Crippen LogP contribution in [0.4, 0.5) is 5.13 Å². The summed E-state index contributed by atoms with van der Waals surface area (Å²) < 4.78 is 0. The average Bonchev–Trinajstić information content (AvgIpc) is 3.12. The van der Waals surface area contributed by atoms with Crippen molar-refractivity contribution in [3.63, 3.8) is 0 Å². The molecule has 21 heavy (non-hydrogen) atoms. The minimum Gasteiger partial charge on any atom is -0.302 e. The number of fused-ring (bicyclic) bond motifs is 3. The molecule has 2 bridgehead atoms. The summed E-state index contributed by atoms with van der Waals surface area (Å²) in [6.45, 7) is 0. The van der Waals surface area contributed by atoms with Crippen molar-refractivity contribution in [1.82, 2.24) is 4.98 Å². The van der Waals surface area contributed by atoms with Crippen LogP contribution >= 0.6 is 11.3 Å². The van der Waals surface area contributed by atoms with E-state index in [1.54, 1.807) is 11.3 Å². The van der Waals surface area contributed by atoms with Crippen LogP contribution < -0.4 is 5.32 Å². The summed E-state index contributed by atoms with van der Waals surface area (Å²) in [6, 6.07) is 0. The number of rotatable bonds is 3. The molecule has 1 aromatic rings. The van der Waals surface area contributed by atoms with Crippen LogP contribution in [-0.2, 0) is 17.6 Å². The first-order valence-corrected chi connectivity index (χ1v) is 9.38. The second-order valence-electron chi connectivity index (χ2n) is 7.14. The Labute approximate surface area is 130 Å². The molecule has 0 saturated heterocycles. The Morgan fingerprint density at radius 3 is 2.90 bits per heavy atom. The van der Waals surface area contributed by atoms with Crippen LogP contribution in [0.3, 0.4) is 0 Å². The van der Waals surface area contributed by atoms with Gasteiger partial charge >= 0.3 is 0 Å². The Morgan fingerprint density at radius 1 is 1.19 bits per heavy atom. The number of carbonyl (C=O) groups excluding carboxylic acids is 1. The Hall–Kier alpha value is -0.900. The van der Waals surface area contributed by atoms with E-state index in [1.807, 2.05) is 0 Å². The number of hydrogen-bond acceptors (Lipinski definition) is 3. The molecule has 0 aromatic carbocycles. The lowest BCUT2D eigenvalue weighted by molar-refractivity contribution is -0.117. The smallest absolute Gasteiger partial charge is 0.226 e. The first-order valence-electron chi connectivity index (χ1n) is 8.56. The zero-order chi connectivity index (χ0) is 14.2. The first kappa shape index (κ1) is 13.7. The number of carbonyl (C=O) groups is 1. The number of amides is 1. The minimum atomic E-state index is 0.191. The summed E-state index contributed by atoms with van der Waals surface area (Å²) in [5.74, 6) is 2.58. The molecular weight excluding hydrogens is 280 g/mol. The molecule has 2 fully saturated rings. The quantitative estimate of drug-likeness (QED) is 0.851. The molecule has 114 valence electrons. The predicted molar refractivity (Wildman–Crippen MR) is 85.6 cm³/mol. The predicted octanol–water partition coefficient (Wildman–Crippen LogP) is 4.18. The third kappa shape index (κ3) is 2.87. The van der Waals surface area contributed by atoms with Gasteiger partial charge in [0.1, 0.15) is 0 Å². The normalized spacial score (nSPS) is 31.0. The van der Waals surface area contributed by atoms with E-state index in [-0.39, 0.29) is 5.91 Å². The lowest BCUT2D eigenvalue weighted by atomic mass is 9.86. The molecule has 4 heteroatoms. The van der Waals surface area contributed by atoms with E-state index in [0.29, 0.717) is 12.3 Å². The summed E-state index contributed by atoms with van der Waals surface area (Å²) in [5.41, 5.74) is 1.24. The van der Waals surface area contributed by atoms with Gasteiger partial charge in [0, 0.05) is 11.3 Å². The topological polar surface area (TPSA) is 42.0 Å². The Bertz CT molecular complexity index is 515. The standard InChI is InChI=1S/C17H24N2OS/c20-16(10-13-9-11-6-7-12(13)8-11)19-17-18-14-4-2-1-3-5-15(14)21-17/h11-13H,1-10H2,(H,18,19,20)/t11-,12-,13+/m0/s1. The number of thiazole rings is 1. The largest absolute Gasteiger partial charge is 0.302 e. The highest BCUT2D eigenvalue weighted by molar-refractivity contribution is 7.15. The maximum Gasteiger partial charge on any atom is 0.226 e. The fourth-order valence-corrected chi connectivity index (χ4v) is 5.68. The zero-order valence-corrected chi connectivity index (χ0v) is 13.4. The number of nitrogens with one attached hydrogen (secondary N) is 1. The molecule has 1 heterocycles. The third-order valence-electron chi connectivity index (χ3n) is 5.67. The zero-order valence-electron chi connectivity index (χ0n) is 12.6. The number of aromatic nitrogens is 1. The van der Waals surface area contributed by atoms with E-state index in [2.05, 4.69) is 10.3 Å². The molecule has 1 aromatic heterocycles. The number of nitrogens with zero attached hydrogens (tertiary/aromatic N) is 1. The maximum atomic E-state index is 12.3. The molecule has 1 N–H and O–H groups in total. The van der Waals surface area contributed by atoms with Gasteiger partial charge in [-0.2, -0.15) is 0 Å². The molecule has 3 nitrogen and oxygen atoms in total. The highest BCUT2D eigenvalue weighted by Gasteiger charge is 2.40. The molecule has 2 saturated carbocycles. The molecule has 3 atom stereocenters. The number of anilines is 1. The third-order valence-corrected chi connectivity index (χ3v) is 6.75. The fraction of sp³-hybridized carbons (Fsp3) is 0.765. The van der Waals surface area contributed by atoms with Crippen molar-refractivity contribution in [1.29, 1.82) is 0 Å². The van der Waals surface area contributed by atoms with Crippen LogP contribution in [0.5, 0.6) is 0 Å². The van der Waals surface area contributed by atoms with Gasteiger partial charge in [-0.05, 0) is 62.7 Å². The van der Waals surface area contributed by atoms with Gasteiger partial charge in [-0.25, -0.2) is 4.98 Å². The number of aryl methyl sites for hydroxylation is 2. The summed E-state index contributed by atoms with van der Waals surface area (Å²) >= 11 is 1.71. The number of hydrogen-bond donors (Lipinski definition) is 1. The highest BCUT2D eigenvalue weighted by atomic mass is 32.1. The van der Waals surface area contributed by atoms with E-state index in [4.69, 9.17) is 0 Å². The van der Waals surface area contributed by atoms with Crippen LogP contribution in [0, 0.1) is 17.8 Å². The van der Waals surface area contributed by atoms with E-state index >= 15 is 0 Å². The van der Waals surface area contributed by atoms with Gasteiger partial charge in [-0.3, -0.25) is 4.79 Å². The molecular formula is C17H24N2OS. The van der Waals surface area contributed by atoms with E-state index in [9.17, 15) is 4.79 Å². The van der Waals surface area contributed by atoms with Crippen LogP contribution in [0.25, 0.3) is 0 Å². The van der Waals surface area contributed by atoms with Gasteiger partial charge in [0.2, 0.25) is 5.91 Å². The lowest BCUT2D eigenvalue weighted by Crippen LogP contribution is -2.20. The van der Waals surface area contributed by atoms with Crippen molar-refractivity contribution in [2.45, 2.75) is 64.2 Å². The second kappa shape index (κ2) is 5.71. The average molecular weight is 304 g/mol. The summed E-state index contributed by atoms with van der Waals surface area (Å²) in [5, 5.41) is 3.92. The molecule has 0 unspecified atom stereocenters. The van der Waals surface area contributed by atoms with Crippen LogP contribution in [0.1, 0.15) is 61.9 Å². The molecule has 0 aliphatic heterocycles. The van der Waals surface area contributed by atoms with Crippen molar-refractivity contribution >= 4 is 22.4 Å². The van der Waals surface area contributed by atoms with Crippen LogP contribution in [-0.4, -0.2) is 10.9 Å². The summed E-state index contributed by atoms with van der Waals surface area (Å²) in [7, 11) is 0. The van der Waals surface area contributed by atoms with Crippen molar-refractivity contribution < 1.29 is 4.79 Å². The Balaban J connectivity index is 1.36. The van der Waals surface area contributed by atoms with Crippen molar-refractivity contribution in [2.24, 2.45) is 17.8 Å². The summed E-state index contributed by atoms with van der Waals surface area (Å²) in [6.07, 6.45) is 12.2. The molecule has 4 rings (SSSR count). The van der Waals surface area contributed by atoms with Crippen molar-refractivity contribution in [3.05, 3.63) is 10.6 Å².